The molecule has 1 aliphatic rings. The molecule has 1 N–H and O–H groups in total. The van der Waals surface area contributed by atoms with E-state index in [9.17, 15) is 0 Å². The fourth-order valence-corrected chi connectivity index (χ4v) is 2.96. The second kappa shape index (κ2) is 8.06. The Morgan fingerprint density at radius 3 is 2.71 bits per heavy atom. The monoisotopic (exact) mass is 241 g/mol. The summed E-state index contributed by atoms with van der Waals surface area (Å²) in [6.07, 6.45) is 3.99. The lowest BCUT2D eigenvalue weighted by Crippen LogP contribution is -2.44. The van der Waals surface area contributed by atoms with E-state index in [1.165, 1.54) is 45.4 Å². The van der Waals surface area contributed by atoms with Gasteiger partial charge in [0.2, 0.25) is 0 Å². The number of likely N-dealkylation sites (tertiary alicyclic amines) is 1. The van der Waals surface area contributed by atoms with Crippen LogP contribution in [-0.4, -0.2) is 61.7 Å². The van der Waals surface area contributed by atoms with Crippen LogP contribution in [0.2, 0.25) is 0 Å². The Kier molecular flexibility index (Phi) is 7.09. The van der Waals surface area contributed by atoms with Gasteiger partial charge >= 0.3 is 0 Å². The van der Waals surface area contributed by atoms with Gasteiger partial charge in [-0.15, -0.1) is 0 Å². The van der Waals surface area contributed by atoms with Crippen molar-refractivity contribution < 1.29 is 0 Å². The minimum atomic E-state index is 0.654. The maximum absolute atomic E-state index is 3.56. The van der Waals surface area contributed by atoms with Crippen molar-refractivity contribution in [2.45, 2.75) is 52.1 Å². The molecule has 17 heavy (non-hydrogen) atoms. The number of rotatable bonds is 8. The summed E-state index contributed by atoms with van der Waals surface area (Å²) < 4.78 is 0. The van der Waals surface area contributed by atoms with Gasteiger partial charge in [0.25, 0.3) is 0 Å². The summed E-state index contributed by atoms with van der Waals surface area (Å²) >= 11 is 0. The van der Waals surface area contributed by atoms with Crippen molar-refractivity contribution in [3.63, 3.8) is 0 Å². The van der Waals surface area contributed by atoms with Crippen LogP contribution >= 0.6 is 0 Å². The standard InChI is InChI=1S/C14H31N3/c1-5-13(15-6-2)11-16(4)12-14-9-8-10-17(14)7-3/h13-15H,5-12H2,1-4H3. The molecule has 3 heteroatoms. The summed E-state index contributed by atoms with van der Waals surface area (Å²) in [6.45, 7) is 12.8. The number of nitrogens with zero attached hydrogens (tertiary/aromatic N) is 2. The van der Waals surface area contributed by atoms with E-state index in [0.29, 0.717) is 6.04 Å². The van der Waals surface area contributed by atoms with E-state index in [1.807, 2.05) is 0 Å². The molecule has 102 valence electrons. The van der Waals surface area contributed by atoms with Crippen LogP contribution in [0.15, 0.2) is 0 Å². The maximum atomic E-state index is 3.56. The van der Waals surface area contributed by atoms with Gasteiger partial charge in [0.05, 0.1) is 0 Å². The molecule has 1 fully saturated rings. The summed E-state index contributed by atoms with van der Waals surface area (Å²) in [6, 6.07) is 1.45. The zero-order chi connectivity index (χ0) is 12.7. The van der Waals surface area contributed by atoms with Gasteiger partial charge in [0.1, 0.15) is 0 Å². The first-order chi connectivity index (χ1) is 8.21. The lowest BCUT2D eigenvalue weighted by Gasteiger charge is -2.30. The summed E-state index contributed by atoms with van der Waals surface area (Å²) in [5.74, 6) is 0. The molecular weight excluding hydrogens is 210 g/mol. The molecule has 1 aliphatic heterocycles. The van der Waals surface area contributed by atoms with Crippen molar-refractivity contribution >= 4 is 0 Å². The highest BCUT2D eigenvalue weighted by Gasteiger charge is 2.24. The van der Waals surface area contributed by atoms with Gasteiger partial charge in [-0.2, -0.15) is 0 Å². The molecule has 1 saturated heterocycles. The van der Waals surface area contributed by atoms with Crippen LogP contribution < -0.4 is 5.32 Å². The van der Waals surface area contributed by atoms with Crippen LogP contribution in [0.1, 0.15) is 40.0 Å². The molecule has 0 aromatic heterocycles. The molecule has 2 unspecified atom stereocenters. The number of hydrogen-bond donors (Lipinski definition) is 1. The van der Waals surface area contributed by atoms with E-state index in [0.717, 1.165) is 12.6 Å². The summed E-state index contributed by atoms with van der Waals surface area (Å²) in [5.41, 5.74) is 0. The SMILES string of the molecule is CCNC(CC)CN(C)CC1CCCN1CC. The van der Waals surface area contributed by atoms with Crippen molar-refractivity contribution in [3.05, 3.63) is 0 Å². The minimum absolute atomic E-state index is 0.654. The normalized spacial score (nSPS) is 23.5. The molecule has 3 nitrogen and oxygen atoms in total. The van der Waals surface area contributed by atoms with Crippen molar-refractivity contribution in [3.8, 4) is 0 Å². The first-order valence-electron chi connectivity index (χ1n) is 7.37. The Balaban J connectivity index is 2.29. The second-order valence-electron chi connectivity index (χ2n) is 5.31. The number of likely N-dealkylation sites (N-methyl/N-ethyl adjacent to an activating group) is 3. The third-order valence-corrected chi connectivity index (χ3v) is 3.95. The average molecular weight is 241 g/mol. The Morgan fingerprint density at radius 1 is 1.35 bits per heavy atom. The van der Waals surface area contributed by atoms with Crippen LogP contribution in [0.3, 0.4) is 0 Å². The molecule has 0 saturated carbocycles. The van der Waals surface area contributed by atoms with Crippen molar-refractivity contribution in [1.82, 2.24) is 15.1 Å². The highest BCUT2D eigenvalue weighted by atomic mass is 15.2. The molecule has 0 aliphatic carbocycles. The number of nitrogens with one attached hydrogen (secondary N) is 1. The van der Waals surface area contributed by atoms with Crippen LogP contribution in [0, 0.1) is 0 Å². The predicted octanol–water partition coefficient (Wildman–Crippen LogP) is 1.79. The fraction of sp³-hybridized carbons (Fsp3) is 1.00. The van der Waals surface area contributed by atoms with Gasteiger partial charge in [0, 0.05) is 25.2 Å². The lowest BCUT2D eigenvalue weighted by molar-refractivity contribution is 0.187. The van der Waals surface area contributed by atoms with Gasteiger partial charge in [-0.25, -0.2) is 0 Å². The van der Waals surface area contributed by atoms with E-state index < -0.39 is 0 Å². The Bertz CT molecular complexity index is 196. The van der Waals surface area contributed by atoms with E-state index in [-0.39, 0.29) is 0 Å². The molecule has 0 amide bonds. The fourth-order valence-electron chi connectivity index (χ4n) is 2.96. The van der Waals surface area contributed by atoms with Gasteiger partial charge in [0.15, 0.2) is 0 Å². The zero-order valence-electron chi connectivity index (χ0n) is 12.2. The van der Waals surface area contributed by atoms with E-state index in [4.69, 9.17) is 0 Å². The lowest BCUT2D eigenvalue weighted by atomic mass is 10.1. The van der Waals surface area contributed by atoms with Gasteiger partial charge in [-0.3, -0.25) is 4.90 Å². The first kappa shape index (κ1) is 14.9. The maximum Gasteiger partial charge on any atom is 0.0223 e. The van der Waals surface area contributed by atoms with E-state index in [2.05, 4.69) is 42.9 Å². The molecule has 0 spiro atoms. The highest BCUT2D eigenvalue weighted by molar-refractivity contribution is 4.81. The van der Waals surface area contributed by atoms with Crippen molar-refractivity contribution in [2.75, 3.05) is 39.8 Å². The smallest absolute Gasteiger partial charge is 0.0223 e. The van der Waals surface area contributed by atoms with Crippen LogP contribution in [-0.2, 0) is 0 Å². The Hall–Kier alpha value is -0.120. The highest BCUT2D eigenvalue weighted by Crippen LogP contribution is 2.17. The largest absolute Gasteiger partial charge is 0.313 e. The van der Waals surface area contributed by atoms with Crippen LogP contribution in [0.25, 0.3) is 0 Å². The summed E-state index contributed by atoms with van der Waals surface area (Å²) in [5, 5.41) is 3.56. The molecule has 1 rings (SSSR count). The molecule has 2 atom stereocenters. The van der Waals surface area contributed by atoms with Gasteiger partial charge < -0.3 is 10.2 Å². The van der Waals surface area contributed by atoms with Crippen molar-refractivity contribution in [2.24, 2.45) is 0 Å². The molecule has 0 aromatic carbocycles. The second-order valence-corrected chi connectivity index (χ2v) is 5.31. The molecular formula is C14H31N3. The van der Waals surface area contributed by atoms with E-state index in [1.54, 1.807) is 0 Å². The quantitative estimate of drug-likeness (QED) is 0.699. The van der Waals surface area contributed by atoms with E-state index >= 15 is 0 Å². The van der Waals surface area contributed by atoms with Crippen molar-refractivity contribution in [1.29, 1.82) is 0 Å². The Morgan fingerprint density at radius 2 is 2.12 bits per heavy atom. The molecule has 0 radical (unpaired) electrons. The van der Waals surface area contributed by atoms with Crippen LogP contribution in [0.5, 0.6) is 0 Å². The Labute approximate surface area is 108 Å². The first-order valence-corrected chi connectivity index (χ1v) is 7.37. The topological polar surface area (TPSA) is 18.5 Å². The third kappa shape index (κ3) is 4.94. The summed E-state index contributed by atoms with van der Waals surface area (Å²) in [4.78, 5) is 5.14. The number of hydrogen-bond acceptors (Lipinski definition) is 3. The summed E-state index contributed by atoms with van der Waals surface area (Å²) in [7, 11) is 2.27. The van der Waals surface area contributed by atoms with Crippen LogP contribution in [0.4, 0.5) is 0 Å². The van der Waals surface area contributed by atoms with Gasteiger partial charge in [-0.05, 0) is 45.9 Å². The molecule has 1 heterocycles. The minimum Gasteiger partial charge on any atom is -0.313 e. The van der Waals surface area contributed by atoms with Gasteiger partial charge in [-0.1, -0.05) is 20.8 Å². The third-order valence-electron chi connectivity index (χ3n) is 3.95. The zero-order valence-corrected chi connectivity index (χ0v) is 12.2. The molecule has 0 bridgehead atoms. The predicted molar refractivity (Wildman–Crippen MR) is 75.5 cm³/mol. The average Bonchev–Trinajstić information content (AvgIpc) is 2.75. The molecule has 0 aromatic rings.